The lowest BCUT2D eigenvalue weighted by molar-refractivity contribution is 0.673. The van der Waals surface area contributed by atoms with Crippen molar-refractivity contribution < 1.29 is 4.42 Å². The third-order valence-electron chi connectivity index (χ3n) is 10.9. The highest BCUT2D eigenvalue weighted by atomic mass is 16.3. The maximum Gasteiger partial charge on any atom is 0.164 e. The molecule has 0 atom stereocenters. The zero-order valence-electron chi connectivity index (χ0n) is 30.8. The molecule has 0 spiro atoms. The van der Waals surface area contributed by atoms with Crippen LogP contribution in [0.2, 0.25) is 0 Å². The van der Waals surface area contributed by atoms with Gasteiger partial charge in [0.05, 0.1) is 0 Å². The van der Waals surface area contributed by atoms with Crippen LogP contribution in [0.5, 0.6) is 0 Å². The van der Waals surface area contributed by atoms with Crippen LogP contribution in [0.4, 0.5) is 0 Å². The van der Waals surface area contributed by atoms with Crippen molar-refractivity contribution in [3.8, 4) is 67.5 Å². The predicted molar refractivity (Wildman–Crippen MR) is 235 cm³/mol. The first-order chi connectivity index (χ1) is 28.2. The second-order valence-corrected chi connectivity index (χ2v) is 14.4. The van der Waals surface area contributed by atoms with Crippen molar-refractivity contribution in [2.24, 2.45) is 0 Å². The standard InChI is InChI=1S/C53H33N3O/c1-3-13-34(14-4-1)35-25-27-38(28-26-35)52-54-51(37-16-5-2-6-17-37)55-53(56-52)41-20-11-19-39(31-41)40-29-30-49-47(32-40)48-33-46(44-22-9-10-23-45(44)50(48)57-49)43-24-12-18-36-15-7-8-21-42(36)43/h1-33H. The number of hydrogen-bond donors (Lipinski definition) is 0. The Kier molecular flexibility index (Phi) is 7.78. The number of hydrogen-bond acceptors (Lipinski definition) is 4. The Morgan fingerprint density at radius 3 is 1.56 bits per heavy atom. The van der Waals surface area contributed by atoms with Gasteiger partial charge in [0, 0.05) is 32.8 Å². The number of nitrogens with zero attached hydrogens (tertiary/aromatic N) is 3. The van der Waals surface area contributed by atoms with Crippen molar-refractivity contribution in [3.63, 3.8) is 0 Å². The van der Waals surface area contributed by atoms with Crippen molar-refractivity contribution in [3.05, 3.63) is 200 Å². The third kappa shape index (κ3) is 5.83. The second-order valence-electron chi connectivity index (χ2n) is 14.4. The van der Waals surface area contributed by atoms with E-state index in [0.717, 1.165) is 60.7 Å². The van der Waals surface area contributed by atoms with Crippen LogP contribution in [-0.2, 0) is 0 Å². The van der Waals surface area contributed by atoms with E-state index in [2.05, 4.69) is 164 Å². The Morgan fingerprint density at radius 1 is 0.281 bits per heavy atom. The molecular weight excluding hydrogens is 695 g/mol. The fraction of sp³-hybridized carbons (Fsp3) is 0. The largest absolute Gasteiger partial charge is 0.455 e. The van der Waals surface area contributed by atoms with E-state index in [1.54, 1.807) is 0 Å². The summed E-state index contributed by atoms with van der Waals surface area (Å²) in [7, 11) is 0. The van der Waals surface area contributed by atoms with E-state index in [4.69, 9.17) is 19.4 Å². The number of fused-ring (bicyclic) bond motifs is 6. The molecule has 266 valence electrons. The minimum atomic E-state index is 0.619. The molecule has 0 bridgehead atoms. The molecule has 2 heterocycles. The van der Waals surface area contributed by atoms with Gasteiger partial charge in [0.25, 0.3) is 0 Å². The van der Waals surface area contributed by atoms with Gasteiger partial charge in [0.2, 0.25) is 0 Å². The summed E-state index contributed by atoms with van der Waals surface area (Å²) in [5, 5.41) is 6.90. The summed E-state index contributed by atoms with van der Waals surface area (Å²) in [6.45, 7) is 0. The van der Waals surface area contributed by atoms with E-state index in [9.17, 15) is 0 Å². The summed E-state index contributed by atoms with van der Waals surface area (Å²) in [6.07, 6.45) is 0. The minimum Gasteiger partial charge on any atom is -0.455 e. The summed E-state index contributed by atoms with van der Waals surface area (Å²) in [6, 6.07) is 69.9. The van der Waals surface area contributed by atoms with Gasteiger partial charge < -0.3 is 4.42 Å². The van der Waals surface area contributed by atoms with Crippen LogP contribution in [0.3, 0.4) is 0 Å². The number of aromatic nitrogens is 3. The molecule has 2 aromatic heterocycles. The zero-order valence-corrected chi connectivity index (χ0v) is 30.8. The van der Waals surface area contributed by atoms with Crippen LogP contribution in [0.1, 0.15) is 0 Å². The lowest BCUT2D eigenvalue weighted by Gasteiger charge is -2.11. The van der Waals surface area contributed by atoms with E-state index in [1.165, 1.54) is 32.8 Å². The van der Waals surface area contributed by atoms with Crippen LogP contribution in [-0.4, -0.2) is 15.0 Å². The van der Waals surface area contributed by atoms with Gasteiger partial charge in [-0.2, -0.15) is 0 Å². The van der Waals surface area contributed by atoms with Crippen molar-refractivity contribution in [2.75, 3.05) is 0 Å². The van der Waals surface area contributed by atoms with Gasteiger partial charge in [0.1, 0.15) is 11.2 Å². The van der Waals surface area contributed by atoms with Gasteiger partial charge in [-0.15, -0.1) is 0 Å². The average Bonchev–Trinajstić information content (AvgIpc) is 3.67. The van der Waals surface area contributed by atoms with Crippen molar-refractivity contribution in [1.82, 2.24) is 15.0 Å². The Hall–Kier alpha value is -7.69. The molecule has 4 heteroatoms. The van der Waals surface area contributed by atoms with E-state index in [0.29, 0.717) is 17.5 Å². The molecule has 0 unspecified atom stereocenters. The lowest BCUT2D eigenvalue weighted by Crippen LogP contribution is -2.00. The Morgan fingerprint density at radius 2 is 0.789 bits per heavy atom. The molecular formula is C53H33N3O. The van der Waals surface area contributed by atoms with Crippen molar-refractivity contribution >= 4 is 43.5 Å². The first-order valence-electron chi connectivity index (χ1n) is 19.2. The molecule has 0 amide bonds. The van der Waals surface area contributed by atoms with E-state index in [-0.39, 0.29) is 0 Å². The summed E-state index contributed by atoms with van der Waals surface area (Å²) in [4.78, 5) is 15.1. The van der Waals surface area contributed by atoms with Crippen LogP contribution in [0.25, 0.3) is 111 Å². The average molecular weight is 728 g/mol. The van der Waals surface area contributed by atoms with Gasteiger partial charge >= 0.3 is 0 Å². The minimum absolute atomic E-state index is 0.619. The number of benzene rings is 9. The van der Waals surface area contributed by atoms with Crippen LogP contribution in [0.15, 0.2) is 205 Å². The highest BCUT2D eigenvalue weighted by Crippen LogP contribution is 2.42. The van der Waals surface area contributed by atoms with Gasteiger partial charge in [-0.3, -0.25) is 0 Å². The molecule has 57 heavy (non-hydrogen) atoms. The van der Waals surface area contributed by atoms with E-state index >= 15 is 0 Å². The molecule has 0 saturated heterocycles. The maximum atomic E-state index is 6.64. The van der Waals surface area contributed by atoms with Crippen LogP contribution < -0.4 is 0 Å². The Bertz CT molecular complexity index is 3270. The molecule has 0 radical (unpaired) electrons. The summed E-state index contributed by atoms with van der Waals surface area (Å²) in [5.41, 5.74) is 11.4. The number of furan rings is 1. The SMILES string of the molecule is c1ccc(-c2ccc(-c3nc(-c4ccccc4)nc(-c4cccc(-c5ccc6oc7c8ccccc8c(-c8cccc9ccccc89)cc7c6c5)c4)n3)cc2)cc1. The number of rotatable bonds is 6. The molecule has 4 nitrogen and oxygen atoms in total. The van der Waals surface area contributed by atoms with Gasteiger partial charge in [-0.05, 0) is 73.8 Å². The van der Waals surface area contributed by atoms with E-state index < -0.39 is 0 Å². The Balaban J connectivity index is 1.03. The smallest absolute Gasteiger partial charge is 0.164 e. The normalized spacial score (nSPS) is 11.5. The van der Waals surface area contributed by atoms with Crippen molar-refractivity contribution in [1.29, 1.82) is 0 Å². The fourth-order valence-electron chi connectivity index (χ4n) is 8.09. The molecule has 0 aliphatic rings. The molecule has 0 fully saturated rings. The molecule has 11 aromatic rings. The van der Waals surface area contributed by atoms with Crippen LogP contribution >= 0.6 is 0 Å². The summed E-state index contributed by atoms with van der Waals surface area (Å²) < 4.78 is 6.64. The second kappa shape index (κ2) is 13.6. The molecule has 0 N–H and O–H groups in total. The maximum absolute atomic E-state index is 6.64. The molecule has 0 aliphatic carbocycles. The molecule has 0 saturated carbocycles. The van der Waals surface area contributed by atoms with Gasteiger partial charge in [-0.25, -0.2) is 15.0 Å². The quantitative estimate of drug-likeness (QED) is 0.171. The molecule has 9 aromatic carbocycles. The highest BCUT2D eigenvalue weighted by Gasteiger charge is 2.18. The highest BCUT2D eigenvalue weighted by molar-refractivity contribution is 6.21. The first-order valence-corrected chi connectivity index (χ1v) is 19.2. The zero-order chi connectivity index (χ0) is 37.7. The van der Waals surface area contributed by atoms with E-state index in [1.807, 2.05) is 36.4 Å². The van der Waals surface area contributed by atoms with Crippen LogP contribution in [0, 0.1) is 0 Å². The lowest BCUT2D eigenvalue weighted by atomic mass is 9.92. The topological polar surface area (TPSA) is 51.8 Å². The van der Waals surface area contributed by atoms with Gasteiger partial charge in [0.15, 0.2) is 17.5 Å². The summed E-state index contributed by atoms with van der Waals surface area (Å²) >= 11 is 0. The monoisotopic (exact) mass is 727 g/mol. The third-order valence-corrected chi connectivity index (χ3v) is 10.9. The summed E-state index contributed by atoms with van der Waals surface area (Å²) in [5.74, 6) is 1.88. The molecule has 11 rings (SSSR count). The predicted octanol–water partition coefficient (Wildman–Crippen LogP) is 14.1. The molecule has 0 aliphatic heterocycles. The first kappa shape index (κ1) is 32.7. The van der Waals surface area contributed by atoms with Gasteiger partial charge in [-0.1, -0.05) is 176 Å². The Labute approximate surface area is 329 Å². The fourth-order valence-corrected chi connectivity index (χ4v) is 8.09. The van der Waals surface area contributed by atoms with Crippen molar-refractivity contribution in [2.45, 2.75) is 0 Å².